The minimum Gasteiger partial charge on any atom is -0.491 e. The number of ether oxygens (including phenoxy) is 2. The van der Waals surface area contributed by atoms with Gasteiger partial charge in [-0.15, -0.1) is 0 Å². The lowest BCUT2D eigenvalue weighted by molar-refractivity contribution is -0.121. The monoisotopic (exact) mass is 266 g/mol. The van der Waals surface area contributed by atoms with Crippen LogP contribution < -0.4 is 15.8 Å². The Kier molecular flexibility index (Phi) is 5.66. The highest BCUT2D eigenvalue weighted by Crippen LogP contribution is 2.26. The molecule has 0 spiro atoms. The van der Waals surface area contributed by atoms with E-state index in [4.69, 9.17) is 15.2 Å². The van der Waals surface area contributed by atoms with Gasteiger partial charge in [0, 0.05) is 7.05 Å². The van der Waals surface area contributed by atoms with Gasteiger partial charge in [0.1, 0.15) is 12.2 Å². The first kappa shape index (κ1) is 14.8. The topological polar surface area (TPSA) is 90.7 Å². The average Bonchev–Trinajstić information content (AvgIpc) is 2.40. The second-order valence-corrected chi connectivity index (χ2v) is 3.72. The van der Waals surface area contributed by atoms with E-state index in [9.17, 15) is 9.59 Å². The van der Waals surface area contributed by atoms with E-state index in [-0.39, 0.29) is 24.5 Å². The van der Waals surface area contributed by atoms with Gasteiger partial charge in [0.2, 0.25) is 5.91 Å². The van der Waals surface area contributed by atoms with Crippen LogP contribution in [0.4, 0.5) is 5.69 Å². The first-order chi connectivity index (χ1) is 9.10. The quantitative estimate of drug-likeness (QED) is 0.591. The van der Waals surface area contributed by atoms with Crippen LogP contribution in [0.15, 0.2) is 18.2 Å². The normalized spacial score (nSPS) is 9.79. The van der Waals surface area contributed by atoms with Crippen molar-refractivity contribution in [2.24, 2.45) is 0 Å². The van der Waals surface area contributed by atoms with Gasteiger partial charge in [0.15, 0.2) is 5.75 Å². The molecule has 0 atom stereocenters. The number of rotatable bonds is 6. The van der Waals surface area contributed by atoms with Gasteiger partial charge < -0.3 is 20.5 Å². The molecule has 6 nitrogen and oxygen atoms in total. The number of nitrogen functional groups attached to an aromatic ring is 1. The van der Waals surface area contributed by atoms with Crippen LogP contribution in [0.1, 0.15) is 23.7 Å². The van der Waals surface area contributed by atoms with Crippen molar-refractivity contribution in [3.63, 3.8) is 0 Å². The highest BCUT2D eigenvalue weighted by Gasteiger charge is 2.16. The predicted octanol–water partition coefficient (Wildman–Crippen LogP) is 0.960. The van der Waals surface area contributed by atoms with E-state index in [0.29, 0.717) is 18.0 Å². The molecule has 0 heterocycles. The third kappa shape index (κ3) is 4.17. The summed E-state index contributed by atoms with van der Waals surface area (Å²) in [5.74, 6) is -0.431. The Morgan fingerprint density at radius 2 is 2.11 bits per heavy atom. The molecule has 0 saturated carbocycles. The number of hydrogen-bond donors (Lipinski definition) is 2. The van der Waals surface area contributed by atoms with Crippen molar-refractivity contribution in [2.75, 3.05) is 26.0 Å². The Morgan fingerprint density at radius 3 is 2.74 bits per heavy atom. The van der Waals surface area contributed by atoms with Crippen LogP contribution in [0, 0.1) is 0 Å². The van der Waals surface area contributed by atoms with Gasteiger partial charge in [0.25, 0.3) is 0 Å². The summed E-state index contributed by atoms with van der Waals surface area (Å²) < 4.78 is 10.3. The lowest BCUT2D eigenvalue weighted by Crippen LogP contribution is -2.20. The summed E-state index contributed by atoms with van der Waals surface area (Å²) in [6.07, 6.45) is 0.120. The second-order valence-electron chi connectivity index (χ2n) is 3.72. The predicted molar refractivity (Wildman–Crippen MR) is 71.0 cm³/mol. The van der Waals surface area contributed by atoms with Crippen molar-refractivity contribution < 1.29 is 19.1 Å². The van der Waals surface area contributed by atoms with Gasteiger partial charge in [-0.2, -0.15) is 0 Å². The zero-order valence-corrected chi connectivity index (χ0v) is 11.1. The summed E-state index contributed by atoms with van der Waals surface area (Å²) in [4.78, 5) is 22.9. The highest BCUT2D eigenvalue weighted by atomic mass is 16.5. The number of carbonyl (C=O) groups excluding carboxylic acids is 2. The van der Waals surface area contributed by atoms with Crippen molar-refractivity contribution in [3.05, 3.63) is 23.8 Å². The zero-order chi connectivity index (χ0) is 14.3. The standard InChI is InChI=1S/C13H18N2O4/c1-3-18-12-9(5-4-6-10(12)14)13(17)19-8-7-11(16)15-2/h4-6H,3,7-8,14H2,1-2H3,(H,15,16). The third-order valence-corrected chi connectivity index (χ3v) is 2.40. The summed E-state index contributed by atoms with van der Waals surface area (Å²) in [5.41, 5.74) is 6.39. The molecule has 19 heavy (non-hydrogen) atoms. The van der Waals surface area contributed by atoms with E-state index in [1.165, 1.54) is 7.05 Å². The highest BCUT2D eigenvalue weighted by molar-refractivity contribution is 5.94. The molecular formula is C13H18N2O4. The van der Waals surface area contributed by atoms with Gasteiger partial charge in [-0.3, -0.25) is 4.79 Å². The number of nitrogens with one attached hydrogen (secondary N) is 1. The number of amides is 1. The Bertz CT molecular complexity index is 460. The first-order valence-corrected chi connectivity index (χ1v) is 5.99. The maximum absolute atomic E-state index is 11.9. The number of carbonyl (C=O) groups is 2. The Balaban J connectivity index is 2.71. The fourth-order valence-electron chi connectivity index (χ4n) is 1.46. The van der Waals surface area contributed by atoms with Crippen molar-refractivity contribution >= 4 is 17.6 Å². The summed E-state index contributed by atoms with van der Waals surface area (Å²) in [5, 5.41) is 2.44. The Hall–Kier alpha value is -2.24. The minimum atomic E-state index is -0.556. The van der Waals surface area contributed by atoms with Crippen molar-refractivity contribution in [2.45, 2.75) is 13.3 Å². The van der Waals surface area contributed by atoms with Crippen LogP contribution in [0.3, 0.4) is 0 Å². The number of anilines is 1. The molecule has 104 valence electrons. The molecule has 0 unspecified atom stereocenters. The van der Waals surface area contributed by atoms with Gasteiger partial charge in [-0.1, -0.05) is 6.07 Å². The molecule has 0 aliphatic carbocycles. The Labute approximate surface area is 111 Å². The number of nitrogens with two attached hydrogens (primary N) is 1. The van der Waals surface area contributed by atoms with Crippen LogP contribution in [0.5, 0.6) is 5.75 Å². The molecule has 0 radical (unpaired) electrons. The zero-order valence-electron chi connectivity index (χ0n) is 11.1. The van der Waals surface area contributed by atoms with E-state index in [0.717, 1.165) is 0 Å². The Morgan fingerprint density at radius 1 is 1.37 bits per heavy atom. The molecule has 1 aromatic carbocycles. The molecule has 1 aromatic rings. The van der Waals surface area contributed by atoms with Gasteiger partial charge in [-0.25, -0.2) is 4.79 Å². The SMILES string of the molecule is CCOc1c(N)cccc1C(=O)OCCC(=O)NC. The fraction of sp³-hybridized carbons (Fsp3) is 0.385. The molecule has 0 aliphatic heterocycles. The van der Waals surface area contributed by atoms with Crippen molar-refractivity contribution in [1.82, 2.24) is 5.32 Å². The lowest BCUT2D eigenvalue weighted by Gasteiger charge is -2.12. The summed E-state index contributed by atoms with van der Waals surface area (Å²) in [6, 6.07) is 4.86. The maximum Gasteiger partial charge on any atom is 0.342 e. The van der Waals surface area contributed by atoms with Gasteiger partial charge in [-0.05, 0) is 19.1 Å². The molecule has 0 aliphatic rings. The largest absolute Gasteiger partial charge is 0.491 e. The van der Waals surface area contributed by atoms with E-state index >= 15 is 0 Å². The maximum atomic E-state index is 11.9. The average molecular weight is 266 g/mol. The van der Waals surface area contributed by atoms with Gasteiger partial charge in [0.05, 0.1) is 18.7 Å². The third-order valence-electron chi connectivity index (χ3n) is 2.40. The molecule has 3 N–H and O–H groups in total. The molecule has 1 amide bonds. The molecule has 6 heteroatoms. The van der Waals surface area contributed by atoms with Crippen molar-refractivity contribution in [3.8, 4) is 5.75 Å². The van der Waals surface area contributed by atoms with Crippen LogP contribution in [0.25, 0.3) is 0 Å². The van der Waals surface area contributed by atoms with Crippen molar-refractivity contribution in [1.29, 1.82) is 0 Å². The smallest absolute Gasteiger partial charge is 0.342 e. The molecule has 0 bridgehead atoms. The number of esters is 1. The summed E-state index contributed by atoms with van der Waals surface area (Å²) >= 11 is 0. The lowest BCUT2D eigenvalue weighted by atomic mass is 10.1. The summed E-state index contributed by atoms with van der Waals surface area (Å²) in [6.45, 7) is 2.21. The molecule has 1 rings (SSSR count). The first-order valence-electron chi connectivity index (χ1n) is 5.99. The molecule has 0 saturated heterocycles. The summed E-state index contributed by atoms with van der Waals surface area (Å²) in [7, 11) is 1.52. The minimum absolute atomic E-state index is 0.0128. The fourth-order valence-corrected chi connectivity index (χ4v) is 1.46. The second kappa shape index (κ2) is 7.25. The van der Waals surface area contributed by atoms with E-state index in [2.05, 4.69) is 5.32 Å². The van der Waals surface area contributed by atoms with E-state index < -0.39 is 5.97 Å². The number of hydrogen-bond acceptors (Lipinski definition) is 5. The molecule has 0 fully saturated rings. The van der Waals surface area contributed by atoms with Crippen LogP contribution in [0.2, 0.25) is 0 Å². The molecular weight excluding hydrogens is 248 g/mol. The van der Waals surface area contributed by atoms with Crippen LogP contribution in [-0.4, -0.2) is 32.1 Å². The number of benzene rings is 1. The van der Waals surface area contributed by atoms with Crippen LogP contribution >= 0.6 is 0 Å². The molecule has 0 aromatic heterocycles. The number of para-hydroxylation sites is 1. The van der Waals surface area contributed by atoms with E-state index in [1.54, 1.807) is 25.1 Å². The van der Waals surface area contributed by atoms with Gasteiger partial charge >= 0.3 is 5.97 Å². The van der Waals surface area contributed by atoms with Crippen LogP contribution in [-0.2, 0) is 9.53 Å². The van der Waals surface area contributed by atoms with E-state index in [1.807, 2.05) is 0 Å².